The molecule has 3 heteroatoms. The van der Waals surface area contributed by atoms with Gasteiger partial charge in [0, 0.05) is 12.6 Å². The summed E-state index contributed by atoms with van der Waals surface area (Å²) in [5, 5.41) is 9.45. The zero-order chi connectivity index (χ0) is 14.4. The van der Waals surface area contributed by atoms with Crippen LogP contribution in [0.1, 0.15) is 37.2 Å². The molecule has 1 aromatic rings. The Bertz CT molecular complexity index is 437. The Morgan fingerprint density at radius 1 is 1.30 bits per heavy atom. The first kappa shape index (κ1) is 15.0. The van der Waals surface area contributed by atoms with Crippen LogP contribution in [0.25, 0.3) is 0 Å². The van der Waals surface area contributed by atoms with Gasteiger partial charge in [0.15, 0.2) is 0 Å². The van der Waals surface area contributed by atoms with Crippen LogP contribution in [0, 0.1) is 17.2 Å². The van der Waals surface area contributed by atoms with Crippen LogP contribution < -0.4 is 5.73 Å². The van der Waals surface area contributed by atoms with Crippen LogP contribution in [0.2, 0.25) is 0 Å². The Hall–Kier alpha value is -1.37. The number of hydrogen-bond donors (Lipinski definition) is 1. The summed E-state index contributed by atoms with van der Waals surface area (Å²) < 4.78 is 0. The Morgan fingerprint density at radius 2 is 2.00 bits per heavy atom. The monoisotopic (exact) mass is 271 g/mol. The van der Waals surface area contributed by atoms with Gasteiger partial charge in [0.2, 0.25) is 0 Å². The third kappa shape index (κ3) is 3.59. The molecule has 3 nitrogen and oxygen atoms in total. The van der Waals surface area contributed by atoms with Gasteiger partial charge in [-0.05, 0) is 37.9 Å². The normalized spacial score (nSPS) is 24.3. The molecule has 2 N–H and O–H groups in total. The summed E-state index contributed by atoms with van der Waals surface area (Å²) in [5.74, 6) is 0.533. The predicted molar refractivity (Wildman–Crippen MR) is 82.2 cm³/mol. The van der Waals surface area contributed by atoms with Crippen molar-refractivity contribution in [1.29, 1.82) is 5.26 Å². The molecule has 0 saturated heterocycles. The molecule has 1 aliphatic carbocycles. The lowest BCUT2D eigenvalue weighted by molar-refractivity contribution is 0.131. The van der Waals surface area contributed by atoms with Crippen molar-refractivity contribution in [2.45, 2.75) is 37.6 Å². The number of benzene rings is 1. The largest absolute Gasteiger partial charge is 0.330 e. The van der Waals surface area contributed by atoms with Gasteiger partial charge >= 0.3 is 0 Å². The van der Waals surface area contributed by atoms with Crippen molar-refractivity contribution in [3.8, 4) is 6.07 Å². The average molecular weight is 271 g/mol. The van der Waals surface area contributed by atoms with E-state index in [0.29, 0.717) is 12.0 Å². The highest BCUT2D eigenvalue weighted by atomic mass is 15.1. The fourth-order valence-electron chi connectivity index (χ4n) is 3.37. The molecule has 3 unspecified atom stereocenters. The molecule has 0 aliphatic heterocycles. The molecule has 1 aliphatic rings. The van der Waals surface area contributed by atoms with Crippen molar-refractivity contribution < 1.29 is 0 Å². The van der Waals surface area contributed by atoms with Gasteiger partial charge in [-0.2, -0.15) is 5.26 Å². The van der Waals surface area contributed by atoms with E-state index >= 15 is 0 Å². The molecule has 0 spiro atoms. The fraction of sp³-hybridized carbons (Fsp3) is 0.588. The number of hydrogen-bond acceptors (Lipinski definition) is 3. The van der Waals surface area contributed by atoms with Crippen molar-refractivity contribution in [3.05, 3.63) is 35.9 Å². The van der Waals surface area contributed by atoms with Gasteiger partial charge in [0.05, 0.1) is 12.0 Å². The van der Waals surface area contributed by atoms with E-state index in [1.54, 1.807) is 0 Å². The summed E-state index contributed by atoms with van der Waals surface area (Å²) in [6, 6.07) is 13.1. The summed E-state index contributed by atoms with van der Waals surface area (Å²) in [5.41, 5.74) is 7.03. The van der Waals surface area contributed by atoms with E-state index in [0.717, 1.165) is 18.7 Å². The highest BCUT2D eigenvalue weighted by Crippen LogP contribution is 2.28. The Morgan fingerprint density at radius 3 is 2.65 bits per heavy atom. The molecular weight excluding hydrogens is 246 g/mol. The third-order valence-electron chi connectivity index (χ3n) is 4.57. The quantitative estimate of drug-likeness (QED) is 0.896. The summed E-state index contributed by atoms with van der Waals surface area (Å²) >= 11 is 0. The van der Waals surface area contributed by atoms with E-state index in [1.165, 1.54) is 25.7 Å². The lowest BCUT2D eigenvalue weighted by Gasteiger charge is -2.38. The molecular formula is C17H25N3. The number of likely N-dealkylation sites (N-methyl/N-ethyl adjacent to an activating group) is 1. The molecule has 108 valence electrons. The van der Waals surface area contributed by atoms with Gasteiger partial charge < -0.3 is 10.6 Å². The van der Waals surface area contributed by atoms with E-state index in [4.69, 9.17) is 5.73 Å². The van der Waals surface area contributed by atoms with Crippen LogP contribution in [0.15, 0.2) is 30.3 Å². The number of nitriles is 1. The minimum absolute atomic E-state index is 0.0541. The first-order chi connectivity index (χ1) is 9.76. The summed E-state index contributed by atoms with van der Waals surface area (Å²) in [7, 11) is 2.14. The predicted octanol–water partition coefficient (Wildman–Crippen LogP) is 2.74. The highest BCUT2D eigenvalue weighted by molar-refractivity contribution is 5.25. The second-order valence-corrected chi connectivity index (χ2v) is 5.88. The van der Waals surface area contributed by atoms with Gasteiger partial charge in [-0.15, -0.1) is 0 Å². The van der Waals surface area contributed by atoms with Gasteiger partial charge in [0.25, 0.3) is 0 Å². The highest BCUT2D eigenvalue weighted by Gasteiger charge is 2.28. The molecule has 0 amide bonds. The zero-order valence-electron chi connectivity index (χ0n) is 12.3. The van der Waals surface area contributed by atoms with E-state index < -0.39 is 0 Å². The minimum Gasteiger partial charge on any atom is -0.330 e. The van der Waals surface area contributed by atoms with Gasteiger partial charge in [0.1, 0.15) is 0 Å². The molecule has 1 fully saturated rings. The van der Waals surface area contributed by atoms with Crippen molar-refractivity contribution >= 4 is 0 Å². The maximum Gasteiger partial charge on any atom is 0.0839 e. The van der Waals surface area contributed by atoms with Crippen LogP contribution in [-0.4, -0.2) is 31.1 Å². The molecule has 1 aromatic carbocycles. The standard InChI is InChI=1S/C17H25N3/c1-20(17-10-6-5-9-15(17)11-18)13-16(12-19)14-7-3-2-4-8-14/h2-4,7-8,15-17H,5-6,9-11,13,18H2,1H3. The third-order valence-corrected chi connectivity index (χ3v) is 4.57. The SMILES string of the molecule is CN(CC(C#N)c1ccccc1)C1CCCCC1CN. The molecule has 0 aromatic heterocycles. The zero-order valence-corrected chi connectivity index (χ0v) is 12.3. The molecule has 20 heavy (non-hydrogen) atoms. The molecule has 1 saturated carbocycles. The van der Waals surface area contributed by atoms with Crippen molar-refractivity contribution in [1.82, 2.24) is 4.90 Å². The van der Waals surface area contributed by atoms with E-state index in [-0.39, 0.29) is 5.92 Å². The van der Waals surface area contributed by atoms with E-state index in [1.807, 2.05) is 30.3 Å². The van der Waals surface area contributed by atoms with Gasteiger partial charge in [-0.3, -0.25) is 0 Å². The molecule has 0 radical (unpaired) electrons. The summed E-state index contributed by atoms with van der Waals surface area (Å²) in [4.78, 5) is 2.36. The van der Waals surface area contributed by atoms with Crippen LogP contribution in [-0.2, 0) is 0 Å². The maximum absolute atomic E-state index is 9.45. The molecule has 0 bridgehead atoms. The maximum atomic E-state index is 9.45. The summed E-state index contributed by atoms with van der Waals surface area (Å²) in [6.07, 6.45) is 5.03. The van der Waals surface area contributed by atoms with E-state index in [9.17, 15) is 5.26 Å². The second kappa shape index (κ2) is 7.42. The Kier molecular flexibility index (Phi) is 5.58. The number of nitrogens with zero attached hydrogens (tertiary/aromatic N) is 2. The topological polar surface area (TPSA) is 53.0 Å². The summed E-state index contributed by atoms with van der Waals surface area (Å²) in [6.45, 7) is 1.55. The minimum atomic E-state index is -0.0541. The first-order valence-corrected chi connectivity index (χ1v) is 7.61. The van der Waals surface area contributed by atoms with Gasteiger partial charge in [-0.1, -0.05) is 43.2 Å². The lowest BCUT2D eigenvalue weighted by atomic mass is 9.83. The van der Waals surface area contributed by atoms with Crippen molar-refractivity contribution in [2.75, 3.05) is 20.1 Å². The Labute approximate surface area is 122 Å². The smallest absolute Gasteiger partial charge is 0.0839 e. The molecule has 2 rings (SSSR count). The van der Waals surface area contributed by atoms with Crippen molar-refractivity contribution in [2.24, 2.45) is 11.7 Å². The van der Waals surface area contributed by atoms with Crippen LogP contribution >= 0.6 is 0 Å². The average Bonchev–Trinajstić information content (AvgIpc) is 2.53. The lowest BCUT2D eigenvalue weighted by Crippen LogP contribution is -2.44. The van der Waals surface area contributed by atoms with Crippen molar-refractivity contribution in [3.63, 3.8) is 0 Å². The first-order valence-electron chi connectivity index (χ1n) is 7.61. The molecule has 3 atom stereocenters. The van der Waals surface area contributed by atoms with Gasteiger partial charge in [-0.25, -0.2) is 0 Å². The second-order valence-electron chi connectivity index (χ2n) is 5.88. The van der Waals surface area contributed by atoms with E-state index in [2.05, 4.69) is 18.0 Å². The molecule has 0 heterocycles. The number of nitrogens with two attached hydrogens (primary N) is 1. The number of rotatable bonds is 5. The van der Waals surface area contributed by atoms with Crippen LogP contribution in [0.4, 0.5) is 0 Å². The van der Waals surface area contributed by atoms with Crippen LogP contribution in [0.3, 0.4) is 0 Å². The fourth-order valence-corrected chi connectivity index (χ4v) is 3.37. The Balaban J connectivity index is 2.02. The van der Waals surface area contributed by atoms with Crippen LogP contribution in [0.5, 0.6) is 0 Å².